The Balaban J connectivity index is 1.47. The van der Waals surface area contributed by atoms with Crippen molar-refractivity contribution in [3.8, 4) is 5.95 Å². The van der Waals surface area contributed by atoms with Crippen LogP contribution in [0.15, 0.2) is 54.9 Å². The molecule has 0 saturated heterocycles. The van der Waals surface area contributed by atoms with Gasteiger partial charge in [-0.2, -0.15) is 9.78 Å². The lowest BCUT2D eigenvalue weighted by atomic mass is 9.92. The smallest absolute Gasteiger partial charge is 0.252 e. The summed E-state index contributed by atoms with van der Waals surface area (Å²) in [6, 6.07) is 11.0. The molecule has 0 spiro atoms. The molecule has 2 amide bonds. The van der Waals surface area contributed by atoms with Crippen LogP contribution >= 0.6 is 0 Å². The SMILES string of the molecule is CC(C)(C)c1cc(NC(=O)/C=C/c2ccc(C(=O)NC3CC3)cc2)n(-c2ncccn2)n1. The molecule has 1 aliphatic carbocycles. The van der Waals surface area contributed by atoms with Crippen molar-refractivity contribution in [1.82, 2.24) is 25.1 Å². The predicted molar refractivity (Wildman–Crippen MR) is 122 cm³/mol. The first-order chi connectivity index (χ1) is 15.3. The number of hydrogen-bond acceptors (Lipinski definition) is 5. The van der Waals surface area contributed by atoms with Gasteiger partial charge in [-0.05, 0) is 42.7 Å². The van der Waals surface area contributed by atoms with Crippen LogP contribution in [0.2, 0.25) is 0 Å². The highest BCUT2D eigenvalue weighted by atomic mass is 16.2. The summed E-state index contributed by atoms with van der Waals surface area (Å²) in [6.07, 6.45) is 8.49. The number of hydrogen-bond donors (Lipinski definition) is 2. The van der Waals surface area contributed by atoms with Gasteiger partial charge >= 0.3 is 0 Å². The summed E-state index contributed by atoms with van der Waals surface area (Å²) in [7, 11) is 0. The molecule has 0 bridgehead atoms. The Kier molecular flexibility index (Phi) is 5.85. The van der Waals surface area contributed by atoms with Gasteiger partial charge in [-0.1, -0.05) is 32.9 Å². The summed E-state index contributed by atoms with van der Waals surface area (Å²) in [6.45, 7) is 6.14. The highest BCUT2D eigenvalue weighted by molar-refractivity contribution is 6.01. The van der Waals surface area contributed by atoms with Gasteiger partial charge in [0.05, 0.1) is 5.69 Å². The van der Waals surface area contributed by atoms with Gasteiger partial charge in [0, 0.05) is 41.6 Å². The molecule has 2 aromatic heterocycles. The molecule has 1 aromatic carbocycles. The van der Waals surface area contributed by atoms with Crippen LogP contribution in [0.5, 0.6) is 0 Å². The van der Waals surface area contributed by atoms with E-state index in [1.54, 1.807) is 36.7 Å². The van der Waals surface area contributed by atoms with Crippen LogP contribution < -0.4 is 10.6 Å². The van der Waals surface area contributed by atoms with Crippen LogP contribution in [0.25, 0.3) is 12.0 Å². The Hall–Kier alpha value is -3.81. The van der Waals surface area contributed by atoms with Gasteiger partial charge in [0.15, 0.2) is 0 Å². The third-order valence-corrected chi connectivity index (χ3v) is 4.98. The van der Waals surface area contributed by atoms with E-state index in [1.165, 1.54) is 10.8 Å². The first-order valence-corrected chi connectivity index (χ1v) is 10.6. The van der Waals surface area contributed by atoms with Crippen LogP contribution in [0.1, 0.15) is 55.2 Å². The number of carbonyl (C=O) groups is 2. The number of amides is 2. The van der Waals surface area contributed by atoms with Crippen LogP contribution in [0, 0.1) is 0 Å². The average molecular weight is 431 g/mol. The molecule has 0 atom stereocenters. The van der Waals surface area contributed by atoms with Crippen molar-refractivity contribution in [3.63, 3.8) is 0 Å². The fraction of sp³-hybridized carbons (Fsp3) is 0.292. The number of anilines is 1. The quantitative estimate of drug-likeness (QED) is 0.583. The van der Waals surface area contributed by atoms with E-state index in [0.717, 1.165) is 24.1 Å². The molecule has 0 radical (unpaired) electrons. The molecule has 0 unspecified atom stereocenters. The minimum Gasteiger partial charge on any atom is -0.349 e. The number of aromatic nitrogens is 4. The van der Waals surface area contributed by atoms with E-state index in [2.05, 4.69) is 25.7 Å². The number of nitrogens with zero attached hydrogens (tertiary/aromatic N) is 4. The zero-order valence-electron chi connectivity index (χ0n) is 18.4. The molecule has 8 nitrogen and oxygen atoms in total. The van der Waals surface area contributed by atoms with Crippen molar-refractivity contribution >= 4 is 23.7 Å². The Bertz CT molecular complexity index is 1140. The predicted octanol–water partition coefficient (Wildman–Crippen LogP) is 3.50. The second kappa shape index (κ2) is 8.74. The van der Waals surface area contributed by atoms with E-state index < -0.39 is 0 Å². The zero-order chi connectivity index (χ0) is 22.7. The summed E-state index contributed by atoms with van der Waals surface area (Å²) in [4.78, 5) is 33.1. The fourth-order valence-electron chi connectivity index (χ4n) is 2.97. The monoisotopic (exact) mass is 430 g/mol. The van der Waals surface area contributed by atoms with Gasteiger partial charge in [0.1, 0.15) is 5.82 Å². The van der Waals surface area contributed by atoms with E-state index in [0.29, 0.717) is 23.4 Å². The second-order valence-electron chi connectivity index (χ2n) is 8.82. The standard InChI is InChI=1S/C24H26N6O2/c1-24(2,3)19-15-20(30(29-19)23-25-13-4-14-26-23)28-21(31)12-7-16-5-8-17(9-6-16)22(32)27-18-10-11-18/h4-9,12-15,18H,10-11H2,1-3H3,(H,27,32)(H,28,31)/b12-7+. The van der Waals surface area contributed by atoms with E-state index in [4.69, 9.17) is 0 Å². The summed E-state index contributed by atoms with van der Waals surface area (Å²) in [5.41, 5.74) is 2.03. The lowest BCUT2D eigenvalue weighted by molar-refractivity contribution is -0.111. The maximum Gasteiger partial charge on any atom is 0.252 e. The van der Waals surface area contributed by atoms with Crippen molar-refractivity contribution in [3.05, 3.63) is 71.7 Å². The largest absolute Gasteiger partial charge is 0.349 e. The summed E-state index contributed by atoms with van der Waals surface area (Å²) in [5.74, 6) is 0.495. The molecular formula is C24H26N6O2. The molecule has 2 N–H and O–H groups in total. The van der Waals surface area contributed by atoms with Crippen molar-refractivity contribution < 1.29 is 9.59 Å². The van der Waals surface area contributed by atoms with Crippen LogP contribution in [-0.4, -0.2) is 37.6 Å². The van der Waals surface area contributed by atoms with Gasteiger partial charge in [-0.25, -0.2) is 9.97 Å². The van der Waals surface area contributed by atoms with Gasteiger partial charge in [0.2, 0.25) is 5.91 Å². The van der Waals surface area contributed by atoms with Crippen molar-refractivity contribution in [2.45, 2.75) is 45.1 Å². The molecule has 32 heavy (non-hydrogen) atoms. The van der Waals surface area contributed by atoms with Gasteiger partial charge in [0.25, 0.3) is 11.9 Å². The average Bonchev–Trinajstić information content (AvgIpc) is 3.48. The summed E-state index contributed by atoms with van der Waals surface area (Å²) in [5, 5.41) is 10.4. The molecule has 1 aliphatic rings. The molecule has 1 fully saturated rings. The Morgan fingerprint density at radius 3 is 2.41 bits per heavy atom. The number of benzene rings is 1. The molecule has 0 aliphatic heterocycles. The Labute approximate surface area is 186 Å². The number of rotatable bonds is 6. The minimum absolute atomic E-state index is 0.0631. The molecule has 3 aromatic rings. The molecule has 4 rings (SSSR count). The van der Waals surface area contributed by atoms with Gasteiger partial charge < -0.3 is 10.6 Å². The van der Waals surface area contributed by atoms with Crippen LogP contribution in [-0.2, 0) is 10.2 Å². The van der Waals surface area contributed by atoms with E-state index in [9.17, 15) is 9.59 Å². The first-order valence-electron chi connectivity index (χ1n) is 10.6. The molecule has 1 saturated carbocycles. The lowest BCUT2D eigenvalue weighted by Gasteiger charge is -2.13. The van der Waals surface area contributed by atoms with E-state index in [1.807, 2.05) is 39.0 Å². The van der Waals surface area contributed by atoms with Crippen molar-refractivity contribution in [2.75, 3.05) is 5.32 Å². The normalized spacial score (nSPS) is 13.8. The Morgan fingerprint density at radius 2 is 1.78 bits per heavy atom. The van der Waals surface area contributed by atoms with Gasteiger partial charge in [-0.3, -0.25) is 9.59 Å². The fourth-order valence-corrected chi connectivity index (χ4v) is 2.97. The van der Waals surface area contributed by atoms with Gasteiger partial charge in [-0.15, -0.1) is 0 Å². The maximum atomic E-state index is 12.6. The third-order valence-electron chi connectivity index (χ3n) is 4.98. The lowest BCUT2D eigenvalue weighted by Crippen LogP contribution is -2.25. The molecule has 8 heteroatoms. The minimum atomic E-state index is -0.307. The van der Waals surface area contributed by atoms with Crippen molar-refractivity contribution in [1.29, 1.82) is 0 Å². The number of nitrogens with one attached hydrogen (secondary N) is 2. The third kappa shape index (κ3) is 5.26. The summed E-state index contributed by atoms with van der Waals surface area (Å²) < 4.78 is 1.53. The van der Waals surface area contributed by atoms with Crippen LogP contribution in [0.4, 0.5) is 5.82 Å². The summed E-state index contributed by atoms with van der Waals surface area (Å²) >= 11 is 0. The maximum absolute atomic E-state index is 12.6. The van der Waals surface area contributed by atoms with Crippen LogP contribution in [0.3, 0.4) is 0 Å². The molecule has 2 heterocycles. The zero-order valence-corrected chi connectivity index (χ0v) is 18.4. The topological polar surface area (TPSA) is 102 Å². The van der Waals surface area contributed by atoms with E-state index in [-0.39, 0.29) is 17.2 Å². The highest BCUT2D eigenvalue weighted by Crippen LogP contribution is 2.25. The molecular weight excluding hydrogens is 404 g/mol. The highest BCUT2D eigenvalue weighted by Gasteiger charge is 2.24. The molecule has 164 valence electrons. The Morgan fingerprint density at radius 1 is 1.09 bits per heavy atom. The first kappa shape index (κ1) is 21.4. The van der Waals surface area contributed by atoms with E-state index >= 15 is 0 Å². The van der Waals surface area contributed by atoms with Crippen molar-refractivity contribution in [2.24, 2.45) is 0 Å². The second-order valence-corrected chi connectivity index (χ2v) is 8.82. The number of carbonyl (C=O) groups excluding carboxylic acids is 2.